The molecule has 0 unspecified atom stereocenters. The van der Waals surface area contributed by atoms with Crippen LogP contribution in [-0.2, 0) is 18.3 Å². The lowest BCUT2D eigenvalue weighted by Gasteiger charge is -2.20. The van der Waals surface area contributed by atoms with Crippen molar-refractivity contribution in [3.63, 3.8) is 0 Å². The maximum Gasteiger partial charge on any atom is 0.260 e. The molecule has 1 heterocycles. The highest BCUT2D eigenvalue weighted by Gasteiger charge is 2.22. The van der Waals surface area contributed by atoms with Gasteiger partial charge in [0.2, 0.25) is 5.91 Å². The van der Waals surface area contributed by atoms with Crippen molar-refractivity contribution >= 4 is 11.8 Å². The van der Waals surface area contributed by atoms with Crippen LogP contribution in [0.3, 0.4) is 0 Å². The summed E-state index contributed by atoms with van der Waals surface area (Å²) in [7, 11) is 2.02. The van der Waals surface area contributed by atoms with Crippen LogP contribution < -0.4 is 14.0 Å². The summed E-state index contributed by atoms with van der Waals surface area (Å²) >= 11 is 0. The highest BCUT2D eigenvalue weighted by molar-refractivity contribution is 6.04. The van der Waals surface area contributed by atoms with E-state index in [9.17, 15) is 9.59 Å². The maximum absolute atomic E-state index is 13.6. The molecule has 0 spiro atoms. The number of rotatable bonds is 33. The Morgan fingerprint density at radius 1 is 0.577 bits per heavy atom. The number of aryl methyl sites for hydroxylation is 2. The number of amides is 2. The molecule has 1 aromatic carbocycles. The molecule has 0 bridgehead atoms. The van der Waals surface area contributed by atoms with Gasteiger partial charge in [0.1, 0.15) is 7.05 Å². The van der Waals surface area contributed by atoms with Gasteiger partial charge in [-0.3, -0.25) is 14.5 Å². The molecule has 0 radical (unpaired) electrons. The molecule has 2 aromatic rings. The summed E-state index contributed by atoms with van der Waals surface area (Å²) in [5.74, 6) is 0.763. The number of benzene rings is 1. The van der Waals surface area contributed by atoms with Gasteiger partial charge in [-0.2, -0.15) is 0 Å². The van der Waals surface area contributed by atoms with Crippen molar-refractivity contribution in [2.75, 3.05) is 19.8 Å². The second-order valence-corrected chi connectivity index (χ2v) is 15.0. The summed E-state index contributed by atoms with van der Waals surface area (Å²) in [5, 5.41) is 0. The highest BCUT2D eigenvalue weighted by Crippen LogP contribution is 2.30. The molecule has 6 nitrogen and oxygen atoms in total. The normalized spacial score (nSPS) is 11.2. The maximum atomic E-state index is 13.6. The summed E-state index contributed by atoms with van der Waals surface area (Å²) in [5.41, 5.74) is 1.63. The third-order valence-electron chi connectivity index (χ3n) is 10.3. The number of pyridine rings is 1. The first kappa shape index (κ1) is 45.3. The molecule has 0 aliphatic carbocycles. The fourth-order valence-corrected chi connectivity index (χ4v) is 6.92. The lowest BCUT2D eigenvalue weighted by atomic mass is 10.1. The van der Waals surface area contributed by atoms with E-state index in [1.165, 1.54) is 146 Å². The topological polar surface area (TPSA) is 59.7 Å². The lowest BCUT2D eigenvalue weighted by Crippen LogP contribution is -2.37. The fraction of sp³-hybridized carbons (Fsp3) is 0.717. The van der Waals surface area contributed by atoms with Crippen molar-refractivity contribution in [3.8, 4) is 11.5 Å². The van der Waals surface area contributed by atoms with Crippen LogP contribution >= 0.6 is 0 Å². The van der Waals surface area contributed by atoms with Gasteiger partial charge in [-0.15, -0.1) is 0 Å². The minimum absolute atomic E-state index is 0.242. The number of ether oxygens (including phenoxy) is 2. The van der Waals surface area contributed by atoms with E-state index in [1.54, 1.807) is 12.1 Å². The zero-order valence-corrected chi connectivity index (χ0v) is 34.1. The lowest BCUT2D eigenvalue weighted by molar-refractivity contribution is -0.679. The Balaban J connectivity index is 1.85. The van der Waals surface area contributed by atoms with Crippen molar-refractivity contribution < 1.29 is 23.6 Å². The summed E-state index contributed by atoms with van der Waals surface area (Å²) in [4.78, 5) is 27.6. The quantitative estimate of drug-likeness (QED) is 0.0544. The average Bonchev–Trinajstić information content (AvgIpc) is 3.14. The second-order valence-electron chi connectivity index (χ2n) is 15.0. The zero-order chi connectivity index (χ0) is 37.5. The summed E-state index contributed by atoms with van der Waals surface area (Å²) in [6.45, 7) is 7.62. The van der Waals surface area contributed by atoms with Crippen LogP contribution in [0.2, 0.25) is 0 Å². The van der Waals surface area contributed by atoms with Crippen LogP contribution in [0.4, 0.5) is 0 Å². The summed E-state index contributed by atoms with van der Waals surface area (Å²) < 4.78 is 14.6. The first-order valence-corrected chi connectivity index (χ1v) is 21.6. The van der Waals surface area contributed by atoms with Crippen molar-refractivity contribution in [2.45, 2.75) is 188 Å². The van der Waals surface area contributed by atoms with Crippen molar-refractivity contribution in [1.82, 2.24) is 4.90 Å². The van der Waals surface area contributed by atoms with Crippen molar-refractivity contribution in [2.24, 2.45) is 7.05 Å². The number of aromatic nitrogens is 1. The molecule has 0 aliphatic heterocycles. The van der Waals surface area contributed by atoms with Gasteiger partial charge in [-0.25, -0.2) is 4.57 Å². The van der Waals surface area contributed by atoms with E-state index in [0.717, 1.165) is 32.1 Å². The Morgan fingerprint density at radius 3 is 1.50 bits per heavy atom. The predicted molar refractivity (Wildman–Crippen MR) is 217 cm³/mol. The van der Waals surface area contributed by atoms with Crippen LogP contribution in [0.1, 0.15) is 197 Å². The van der Waals surface area contributed by atoms with E-state index in [-0.39, 0.29) is 11.8 Å². The van der Waals surface area contributed by atoms with E-state index < -0.39 is 0 Å². The first-order chi connectivity index (χ1) is 25.5. The van der Waals surface area contributed by atoms with Gasteiger partial charge in [0, 0.05) is 37.6 Å². The molecule has 0 atom stereocenters. The van der Waals surface area contributed by atoms with Gasteiger partial charge in [0.05, 0.1) is 13.2 Å². The van der Waals surface area contributed by atoms with E-state index in [0.29, 0.717) is 43.2 Å². The number of nitrogens with zero attached hydrogens (tertiary/aromatic N) is 2. The minimum Gasteiger partial charge on any atom is -0.490 e. The Labute approximate surface area is 319 Å². The van der Waals surface area contributed by atoms with Gasteiger partial charge in [-0.1, -0.05) is 161 Å². The largest absolute Gasteiger partial charge is 0.490 e. The molecule has 0 saturated carbocycles. The molecular weight excluding hydrogens is 645 g/mol. The predicted octanol–water partition coefficient (Wildman–Crippen LogP) is 12.3. The molecule has 0 N–H and O–H groups in total. The molecule has 1 aromatic heterocycles. The number of hydrogen-bond acceptors (Lipinski definition) is 4. The van der Waals surface area contributed by atoms with E-state index in [1.807, 2.05) is 31.4 Å². The molecule has 0 fully saturated rings. The first-order valence-electron chi connectivity index (χ1n) is 21.6. The van der Waals surface area contributed by atoms with Gasteiger partial charge in [-0.05, 0) is 37.5 Å². The van der Waals surface area contributed by atoms with E-state index in [4.69, 9.17) is 9.47 Å². The molecular formula is C46H77N2O4+. The van der Waals surface area contributed by atoms with Crippen LogP contribution in [0.15, 0.2) is 42.6 Å². The third kappa shape index (κ3) is 21.0. The summed E-state index contributed by atoms with van der Waals surface area (Å²) in [6.07, 6.45) is 34.7. The number of carbonyl (C=O) groups is 2. The van der Waals surface area contributed by atoms with Gasteiger partial charge >= 0.3 is 0 Å². The van der Waals surface area contributed by atoms with Crippen molar-refractivity contribution in [3.05, 3.63) is 53.9 Å². The van der Waals surface area contributed by atoms with Crippen LogP contribution in [0, 0.1) is 0 Å². The van der Waals surface area contributed by atoms with Crippen molar-refractivity contribution in [1.29, 1.82) is 0 Å². The van der Waals surface area contributed by atoms with Crippen LogP contribution in [-0.4, -0.2) is 36.5 Å². The average molecular weight is 722 g/mol. The van der Waals surface area contributed by atoms with Crippen LogP contribution in [0.5, 0.6) is 11.5 Å². The Hall–Kier alpha value is -2.89. The monoisotopic (exact) mass is 722 g/mol. The van der Waals surface area contributed by atoms with Gasteiger partial charge in [0.25, 0.3) is 5.91 Å². The fourth-order valence-electron chi connectivity index (χ4n) is 6.92. The van der Waals surface area contributed by atoms with Gasteiger partial charge < -0.3 is 9.47 Å². The Bertz CT molecular complexity index is 1200. The standard InChI is InChI=1S/C46H77N2O4/c1-5-7-9-11-13-15-17-19-21-23-25-29-38-51-44-35-34-42(46(50)48(41(3)49)37-31-33-43-32-27-28-36-47(43)4)40-45(44)52-39-30-26-24-22-20-18-16-14-12-10-8-6-2/h27-28,32,34-36,40H,5-26,29-31,33,37-39H2,1-4H3/q+1. The van der Waals surface area contributed by atoms with E-state index >= 15 is 0 Å². The minimum atomic E-state index is -0.285. The number of carbonyl (C=O) groups excluding carboxylic acids is 2. The van der Waals surface area contributed by atoms with E-state index in [2.05, 4.69) is 24.5 Å². The molecule has 294 valence electrons. The smallest absolute Gasteiger partial charge is 0.260 e. The highest BCUT2D eigenvalue weighted by atomic mass is 16.5. The molecule has 6 heteroatoms. The molecule has 2 amide bonds. The third-order valence-corrected chi connectivity index (χ3v) is 10.3. The Morgan fingerprint density at radius 2 is 1.04 bits per heavy atom. The summed E-state index contributed by atoms with van der Waals surface area (Å²) in [6, 6.07) is 11.5. The van der Waals surface area contributed by atoms with Gasteiger partial charge in [0.15, 0.2) is 23.4 Å². The SMILES string of the molecule is CCCCCCCCCCCCCCOc1ccc(C(=O)N(CCCc2cccc[n+]2C)C(C)=O)cc1OCCCCCCCCCCCCCC. The second kappa shape index (κ2) is 30.6. The number of hydrogen-bond donors (Lipinski definition) is 0. The molecule has 2 rings (SSSR count). The zero-order valence-electron chi connectivity index (χ0n) is 34.1. The number of imide groups is 1. The molecule has 0 aliphatic rings. The Kier molecular flexibility index (Phi) is 26.6. The number of unbranched alkanes of at least 4 members (excludes halogenated alkanes) is 22. The molecule has 0 saturated heterocycles. The molecule has 52 heavy (non-hydrogen) atoms. The van der Waals surface area contributed by atoms with Crippen LogP contribution in [0.25, 0.3) is 0 Å².